The van der Waals surface area contributed by atoms with Crippen molar-refractivity contribution >= 4 is 17.9 Å². The molecule has 0 spiro atoms. The van der Waals surface area contributed by atoms with Crippen LogP contribution >= 0.6 is 0 Å². The fraction of sp³-hybridized carbons (Fsp3) is 0.717. The lowest BCUT2D eigenvalue weighted by molar-refractivity contribution is -0.167. The Kier molecular flexibility index (Phi) is 45.0. The van der Waals surface area contributed by atoms with Gasteiger partial charge >= 0.3 is 17.9 Å². The summed E-state index contributed by atoms with van der Waals surface area (Å²) in [5.74, 6) is -0.974. The molecule has 0 saturated carbocycles. The minimum absolute atomic E-state index is 0.0998. The number of unbranched alkanes of at least 4 members (excludes halogenated alkanes) is 20. The summed E-state index contributed by atoms with van der Waals surface area (Å²) in [5, 5.41) is 0. The molecule has 1 atom stereocenters. The van der Waals surface area contributed by atoms with Crippen LogP contribution in [0.15, 0.2) is 72.9 Å². The summed E-state index contributed by atoms with van der Waals surface area (Å²) in [4.78, 5) is 37.6. The van der Waals surface area contributed by atoms with Crippen molar-refractivity contribution in [3.63, 3.8) is 0 Å². The van der Waals surface area contributed by atoms with E-state index in [4.69, 9.17) is 14.2 Å². The highest BCUT2D eigenvalue weighted by atomic mass is 16.6. The minimum Gasteiger partial charge on any atom is -0.462 e. The van der Waals surface area contributed by atoms with Crippen LogP contribution in [0, 0.1) is 0 Å². The van der Waals surface area contributed by atoms with Crippen LogP contribution in [0.4, 0.5) is 0 Å². The third-order valence-corrected chi connectivity index (χ3v) is 10.2. The molecule has 0 N–H and O–H groups in total. The topological polar surface area (TPSA) is 78.9 Å². The molecule has 0 bridgehead atoms. The standard InChI is InChI=1S/C53H90O6/c1-4-7-10-13-16-18-20-22-24-26-28-29-31-33-35-37-40-43-46-52(55)58-49-50(48-57-51(54)45-42-39-15-12-9-6-3)59-53(56)47-44-41-38-36-34-32-30-27-25-23-21-19-17-14-11-8-5-2/h8,11,17,19,23-26,30,32,36,38,50H,4-7,9-10,12-16,18,20-22,27-29,31,33-35,37,39-49H2,1-3H3/b11-8-,19-17-,25-23-,26-24-,32-30-,38-36-. The Morgan fingerprint density at radius 2 is 0.678 bits per heavy atom. The molecule has 0 aromatic heterocycles. The summed E-state index contributed by atoms with van der Waals surface area (Å²) < 4.78 is 16.6. The number of carbonyl (C=O) groups is 3. The maximum Gasteiger partial charge on any atom is 0.306 e. The second-order valence-corrected chi connectivity index (χ2v) is 16.0. The second kappa shape index (κ2) is 47.5. The average molecular weight is 823 g/mol. The van der Waals surface area contributed by atoms with Crippen molar-refractivity contribution in [3.8, 4) is 0 Å². The quantitative estimate of drug-likeness (QED) is 0.0264. The lowest BCUT2D eigenvalue weighted by Gasteiger charge is -2.18. The van der Waals surface area contributed by atoms with E-state index >= 15 is 0 Å². The van der Waals surface area contributed by atoms with Crippen molar-refractivity contribution in [1.82, 2.24) is 0 Å². The van der Waals surface area contributed by atoms with Gasteiger partial charge in [-0.1, -0.05) is 196 Å². The SMILES string of the molecule is CC/C=C\C/C=C\C/C=C\C/C=C\C/C=C\CCCC(=O)OC(COC(=O)CCCCCCCC)COC(=O)CCCCCCCCC/C=C\CCCCCCCCC. The van der Waals surface area contributed by atoms with Gasteiger partial charge < -0.3 is 14.2 Å². The van der Waals surface area contributed by atoms with Gasteiger partial charge in [-0.05, 0) is 83.5 Å². The monoisotopic (exact) mass is 823 g/mol. The molecule has 338 valence electrons. The van der Waals surface area contributed by atoms with Gasteiger partial charge in [-0.15, -0.1) is 0 Å². The van der Waals surface area contributed by atoms with Crippen LogP contribution in [-0.2, 0) is 28.6 Å². The van der Waals surface area contributed by atoms with Gasteiger partial charge in [0.05, 0.1) is 0 Å². The van der Waals surface area contributed by atoms with Crippen molar-refractivity contribution < 1.29 is 28.6 Å². The molecule has 0 rings (SSSR count). The Morgan fingerprint density at radius 1 is 0.356 bits per heavy atom. The fourth-order valence-electron chi connectivity index (χ4n) is 6.53. The largest absolute Gasteiger partial charge is 0.462 e. The van der Waals surface area contributed by atoms with Gasteiger partial charge in [-0.3, -0.25) is 14.4 Å². The first-order valence-corrected chi connectivity index (χ1v) is 24.4. The smallest absolute Gasteiger partial charge is 0.306 e. The molecule has 0 aliphatic heterocycles. The molecule has 0 fully saturated rings. The minimum atomic E-state index is -0.802. The molecule has 0 amide bonds. The normalized spacial score (nSPS) is 12.7. The van der Waals surface area contributed by atoms with E-state index in [1.807, 2.05) is 0 Å². The first-order valence-electron chi connectivity index (χ1n) is 24.4. The van der Waals surface area contributed by atoms with Crippen LogP contribution in [0.25, 0.3) is 0 Å². The van der Waals surface area contributed by atoms with E-state index < -0.39 is 6.10 Å². The summed E-state index contributed by atoms with van der Waals surface area (Å²) in [5.41, 5.74) is 0. The number of hydrogen-bond donors (Lipinski definition) is 0. The third-order valence-electron chi connectivity index (χ3n) is 10.2. The zero-order valence-electron chi connectivity index (χ0n) is 38.5. The Bertz CT molecular complexity index is 1130. The predicted molar refractivity (Wildman–Crippen MR) is 251 cm³/mol. The zero-order valence-corrected chi connectivity index (χ0v) is 38.5. The van der Waals surface area contributed by atoms with Crippen molar-refractivity contribution in [2.24, 2.45) is 0 Å². The lowest BCUT2D eigenvalue weighted by Crippen LogP contribution is -2.30. The number of esters is 3. The number of carbonyl (C=O) groups excluding carboxylic acids is 3. The average Bonchev–Trinajstić information content (AvgIpc) is 3.23. The Balaban J connectivity index is 4.33. The van der Waals surface area contributed by atoms with Crippen molar-refractivity contribution in [2.45, 2.75) is 232 Å². The van der Waals surface area contributed by atoms with E-state index in [9.17, 15) is 14.4 Å². The molecular formula is C53H90O6. The van der Waals surface area contributed by atoms with Crippen LogP contribution in [0.5, 0.6) is 0 Å². The van der Waals surface area contributed by atoms with E-state index in [0.29, 0.717) is 19.3 Å². The highest BCUT2D eigenvalue weighted by Gasteiger charge is 2.19. The highest BCUT2D eigenvalue weighted by Crippen LogP contribution is 2.13. The molecule has 0 heterocycles. The molecule has 6 nitrogen and oxygen atoms in total. The first-order chi connectivity index (χ1) is 29.0. The van der Waals surface area contributed by atoms with Gasteiger partial charge in [0.15, 0.2) is 6.10 Å². The summed E-state index contributed by atoms with van der Waals surface area (Å²) in [6.45, 7) is 6.40. The van der Waals surface area contributed by atoms with E-state index in [-0.39, 0.29) is 37.5 Å². The van der Waals surface area contributed by atoms with Gasteiger partial charge in [-0.25, -0.2) is 0 Å². The third kappa shape index (κ3) is 45.8. The van der Waals surface area contributed by atoms with Crippen LogP contribution in [0.1, 0.15) is 226 Å². The highest BCUT2D eigenvalue weighted by molar-refractivity contribution is 5.71. The molecule has 59 heavy (non-hydrogen) atoms. The summed E-state index contributed by atoms with van der Waals surface area (Å²) in [6, 6.07) is 0. The van der Waals surface area contributed by atoms with E-state index in [2.05, 4.69) is 93.7 Å². The van der Waals surface area contributed by atoms with Gasteiger partial charge in [0.2, 0.25) is 0 Å². The summed E-state index contributed by atoms with van der Waals surface area (Å²) in [7, 11) is 0. The fourth-order valence-corrected chi connectivity index (χ4v) is 6.53. The van der Waals surface area contributed by atoms with Crippen molar-refractivity contribution in [2.75, 3.05) is 13.2 Å². The first kappa shape index (κ1) is 55.9. The van der Waals surface area contributed by atoms with E-state index in [0.717, 1.165) is 77.0 Å². The molecular weight excluding hydrogens is 733 g/mol. The molecule has 0 saturated heterocycles. The van der Waals surface area contributed by atoms with Crippen LogP contribution in [0.3, 0.4) is 0 Å². The number of hydrogen-bond acceptors (Lipinski definition) is 6. The van der Waals surface area contributed by atoms with Gasteiger partial charge in [-0.2, -0.15) is 0 Å². The molecule has 6 heteroatoms. The Hall–Kier alpha value is -3.15. The Morgan fingerprint density at radius 3 is 1.10 bits per heavy atom. The van der Waals surface area contributed by atoms with E-state index in [1.165, 1.54) is 103 Å². The molecule has 0 aliphatic rings. The van der Waals surface area contributed by atoms with Crippen LogP contribution < -0.4 is 0 Å². The number of allylic oxidation sites excluding steroid dienone is 12. The van der Waals surface area contributed by atoms with Gasteiger partial charge in [0, 0.05) is 19.3 Å². The van der Waals surface area contributed by atoms with Gasteiger partial charge in [0.1, 0.15) is 13.2 Å². The van der Waals surface area contributed by atoms with Gasteiger partial charge in [0.25, 0.3) is 0 Å². The second-order valence-electron chi connectivity index (χ2n) is 16.0. The predicted octanol–water partition coefficient (Wildman–Crippen LogP) is 15.9. The molecule has 0 aliphatic carbocycles. The van der Waals surface area contributed by atoms with E-state index in [1.54, 1.807) is 0 Å². The molecule has 0 aromatic carbocycles. The Labute approximate surface area is 363 Å². The maximum absolute atomic E-state index is 12.7. The zero-order chi connectivity index (χ0) is 43.0. The number of rotatable bonds is 43. The number of ether oxygens (including phenoxy) is 3. The molecule has 0 radical (unpaired) electrons. The maximum atomic E-state index is 12.7. The lowest BCUT2D eigenvalue weighted by atomic mass is 10.1. The van der Waals surface area contributed by atoms with Crippen molar-refractivity contribution in [3.05, 3.63) is 72.9 Å². The van der Waals surface area contributed by atoms with Crippen molar-refractivity contribution in [1.29, 1.82) is 0 Å². The summed E-state index contributed by atoms with van der Waals surface area (Å²) >= 11 is 0. The van der Waals surface area contributed by atoms with Crippen LogP contribution in [-0.4, -0.2) is 37.2 Å². The summed E-state index contributed by atoms with van der Waals surface area (Å²) in [6.07, 6.45) is 59.1. The molecule has 0 aromatic rings. The van der Waals surface area contributed by atoms with Crippen LogP contribution in [0.2, 0.25) is 0 Å². The molecule has 1 unspecified atom stereocenters.